The van der Waals surface area contributed by atoms with Gasteiger partial charge in [-0.25, -0.2) is 4.79 Å². The van der Waals surface area contributed by atoms with Crippen LogP contribution in [-0.4, -0.2) is 28.7 Å². The number of fused-ring (bicyclic) bond motifs is 2. The van der Waals surface area contributed by atoms with Crippen molar-refractivity contribution >= 4 is 17.2 Å². The fourth-order valence-corrected chi connectivity index (χ4v) is 3.61. The molecule has 1 saturated heterocycles. The molecule has 3 nitrogen and oxygen atoms in total. The van der Waals surface area contributed by atoms with E-state index in [1.165, 1.54) is 16.7 Å². The zero-order chi connectivity index (χ0) is 17.5. The maximum atomic E-state index is 12.5. The number of benzene rings is 1. The topological polar surface area (TPSA) is 29.5 Å². The molecular formula is C21H27NO2. The minimum atomic E-state index is -0.446. The van der Waals surface area contributed by atoms with Crippen LogP contribution < -0.4 is 0 Å². The average molecular weight is 325 g/mol. The lowest BCUT2D eigenvalue weighted by molar-refractivity contribution is 0.0175. The van der Waals surface area contributed by atoms with E-state index in [9.17, 15) is 4.79 Å². The highest BCUT2D eigenvalue weighted by molar-refractivity contribution is 5.76. The van der Waals surface area contributed by atoms with Gasteiger partial charge in [0.1, 0.15) is 5.60 Å². The van der Waals surface area contributed by atoms with Crippen LogP contribution in [-0.2, 0) is 4.74 Å². The fraction of sp³-hybridized carbons (Fsp3) is 0.476. The Hall–Kier alpha value is -2.03. The highest BCUT2D eigenvalue weighted by Crippen LogP contribution is 2.39. The molecule has 0 aliphatic carbocycles. The van der Waals surface area contributed by atoms with Gasteiger partial charge in [0, 0.05) is 6.04 Å². The molecule has 24 heavy (non-hydrogen) atoms. The number of hydrogen-bond donors (Lipinski definition) is 0. The third-order valence-electron chi connectivity index (χ3n) is 4.75. The zero-order valence-electron chi connectivity index (χ0n) is 15.1. The summed E-state index contributed by atoms with van der Waals surface area (Å²) in [4.78, 5) is 14.4. The van der Waals surface area contributed by atoms with E-state index < -0.39 is 5.60 Å². The van der Waals surface area contributed by atoms with Gasteiger partial charge in [0.15, 0.2) is 0 Å². The van der Waals surface area contributed by atoms with Gasteiger partial charge in [-0.15, -0.1) is 0 Å². The van der Waals surface area contributed by atoms with Crippen molar-refractivity contribution in [2.75, 3.05) is 0 Å². The van der Waals surface area contributed by atoms with E-state index in [-0.39, 0.29) is 18.2 Å². The summed E-state index contributed by atoms with van der Waals surface area (Å²) in [5, 5.41) is 0. The molecule has 2 unspecified atom stereocenters. The first-order chi connectivity index (χ1) is 11.2. The van der Waals surface area contributed by atoms with Gasteiger partial charge in [0.05, 0.1) is 6.04 Å². The maximum absolute atomic E-state index is 12.5. The molecular weight excluding hydrogens is 298 g/mol. The summed E-state index contributed by atoms with van der Waals surface area (Å²) in [6, 6.07) is 9.00. The lowest BCUT2D eigenvalue weighted by Gasteiger charge is -2.35. The molecule has 2 aliphatic rings. The normalized spacial score (nSPS) is 23.0. The SMILES string of the molecule is C=C(C)c1ccc(C2=CC3CCC(C2)N3C(=O)OC(C)(C)C)cc1. The summed E-state index contributed by atoms with van der Waals surface area (Å²) in [7, 11) is 0. The summed E-state index contributed by atoms with van der Waals surface area (Å²) in [5.74, 6) is 0. The van der Waals surface area contributed by atoms with Crippen LogP contribution in [0.5, 0.6) is 0 Å². The Bertz CT molecular complexity index is 679. The standard InChI is InChI=1S/C21H27NO2/c1-14(2)15-6-8-16(9-7-15)17-12-18-10-11-19(13-17)22(18)20(23)24-21(3,4)5/h6-9,12,18-19H,1,10-11,13H2,2-5H3. The van der Waals surface area contributed by atoms with Crippen molar-refractivity contribution in [1.29, 1.82) is 0 Å². The Morgan fingerprint density at radius 1 is 1.21 bits per heavy atom. The summed E-state index contributed by atoms with van der Waals surface area (Å²) in [6.07, 6.45) is 5.05. The molecule has 2 bridgehead atoms. The molecule has 0 spiro atoms. The molecule has 3 heteroatoms. The number of ether oxygens (including phenoxy) is 1. The molecule has 2 aliphatic heterocycles. The highest BCUT2D eigenvalue weighted by Gasteiger charge is 2.41. The summed E-state index contributed by atoms with van der Waals surface area (Å²) in [6.45, 7) is 11.8. The van der Waals surface area contributed by atoms with Gasteiger partial charge in [-0.2, -0.15) is 0 Å². The van der Waals surface area contributed by atoms with Crippen molar-refractivity contribution in [2.45, 2.75) is 64.6 Å². The Kier molecular flexibility index (Phi) is 4.29. The van der Waals surface area contributed by atoms with Crippen LogP contribution in [0.3, 0.4) is 0 Å². The number of amides is 1. The lowest BCUT2D eigenvalue weighted by atomic mass is 9.94. The first kappa shape index (κ1) is 16.8. The van der Waals surface area contributed by atoms with Gasteiger partial charge in [-0.1, -0.05) is 42.5 Å². The number of hydrogen-bond acceptors (Lipinski definition) is 2. The van der Waals surface area contributed by atoms with E-state index in [4.69, 9.17) is 4.74 Å². The second-order valence-corrected chi connectivity index (χ2v) is 7.94. The smallest absolute Gasteiger partial charge is 0.411 e. The van der Waals surface area contributed by atoms with Crippen molar-refractivity contribution in [2.24, 2.45) is 0 Å². The molecule has 2 atom stereocenters. The predicted octanol–water partition coefficient (Wildman–Crippen LogP) is 5.27. The number of carbonyl (C=O) groups excluding carboxylic acids is 1. The molecule has 128 valence electrons. The molecule has 0 saturated carbocycles. The van der Waals surface area contributed by atoms with Gasteiger partial charge < -0.3 is 4.74 Å². The van der Waals surface area contributed by atoms with Gasteiger partial charge >= 0.3 is 6.09 Å². The van der Waals surface area contributed by atoms with Crippen LogP contribution in [0.25, 0.3) is 11.1 Å². The van der Waals surface area contributed by atoms with E-state index in [0.29, 0.717) is 0 Å². The van der Waals surface area contributed by atoms with Crippen molar-refractivity contribution in [3.05, 3.63) is 48.0 Å². The Balaban J connectivity index is 1.79. The molecule has 3 rings (SSSR count). The third kappa shape index (κ3) is 3.40. The van der Waals surface area contributed by atoms with E-state index in [1.54, 1.807) is 0 Å². The average Bonchev–Trinajstić information content (AvgIpc) is 2.76. The monoisotopic (exact) mass is 325 g/mol. The molecule has 2 heterocycles. The van der Waals surface area contributed by atoms with E-state index in [1.807, 2.05) is 32.6 Å². The van der Waals surface area contributed by atoms with Crippen molar-refractivity contribution in [3.63, 3.8) is 0 Å². The first-order valence-corrected chi connectivity index (χ1v) is 8.73. The lowest BCUT2D eigenvalue weighted by Crippen LogP contribution is -2.45. The van der Waals surface area contributed by atoms with E-state index >= 15 is 0 Å². The third-order valence-corrected chi connectivity index (χ3v) is 4.75. The molecule has 1 fully saturated rings. The first-order valence-electron chi connectivity index (χ1n) is 8.73. The maximum Gasteiger partial charge on any atom is 0.411 e. The largest absolute Gasteiger partial charge is 0.444 e. The quantitative estimate of drug-likeness (QED) is 0.741. The second kappa shape index (κ2) is 6.12. The van der Waals surface area contributed by atoms with Crippen molar-refractivity contribution < 1.29 is 9.53 Å². The molecule has 0 radical (unpaired) electrons. The summed E-state index contributed by atoms with van der Waals surface area (Å²) < 4.78 is 5.59. The Morgan fingerprint density at radius 2 is 1.88 bits per heavy atom. The van der Waals surface area contributed by atoms with Crippen LogP contribution in [0.2, 0.25) is 0 Å². The van der Waals surface area contributed by atoms with Crippen LogP contribution in [0.4, 0.5) is 4.79 Å². The van der Waals surface area contributed by atoms with E-state index in [2.05, 4.69) is 36.9 Å². The van der Waals surface area contributed by atoms with E-state index in [0.717, 1.165) is 24.8 Å². The number of allylic oxidation sites excluding steroid dienone is 1. The van der Waals surface area contributed by atoms with Crippen molar-refractivity contribution in [1.82, 2.24) is 4.90 Å². The van der Waals surface area contributed by atoms with Crippen LogP contribution in [0, 0.1) is 0 Å². The Morgan fingerprint density at radius 3 is 2.42 bits per heavy atom. The minimum Gasteiger partial charge on any atom is -0.444 e. The van der Waals surface area contributed by atoms with Gasteiger partial charge in [0.2, 0.25) is 0 Å². The van der Waals surface area contributed by atoms with Gasteiger partial charge in [-0.05, 0) is 63.7 Å². The molecule has 1 aromatic rings. The summed E-state index contributed by atoms with van der Waals surface area (Å²) >= 11 is 0. The summed E-state index contributed by atoms with van der Waals surface area (Å²) in [5.41, 5.74) is 4.40. The molecule has 0 aromatic heterocycles. The van der Waals surface area contributed by atoms with Crippen LogP contribution >= 0.6 is 0 Å². The number of rotatable bonds is 2. The van der Waals surface area contributed by atoms with Crippen molar-refractivity contribution in [3.8, 4) is 0 Å². The predicted molar refractivity (Wildman–Crippen MR) is 98.6 cm³/mol. The Labute approximate surface area is 145 Å². The van der Waals surface area contributed by atoms with Gasteiger partial charge in [0.25, 0.3) is 0 Å². The van der Waals surface area contributed by atoms with Crippen LogP contribution in [0.15, 0.2) is 36.9 Å². The van der Waals surface area contributed by atoms with Crippen LogP contribution in [0.1, 0.15) is 58.1 Å². The fourth-order valence-electron chi connectivity index (χ4n) is 3.61. The zero-order valence-corrected chi connectivity index (χ0v) is 15.1. The number of nitrogens with zero attached hydrogens (tertiary/aromatic N) is 1. The second-order valence-electron chi connectivity index (χ2n) is 7.94. The minimum absolute atomic E-state index is 0.161. The van der Waals surface area contributed by atoms with Gasteiger partial charge in [-0.3, -0.25) is 4.90 Å². The highest BCUT2D eigenvalue weighted by atomic mass is 16.6. The molecule has 0 N–H and O–H groups in total. The molecule has 1 amide bonds. The number of carbonyl (C=O) groups is 1. The molecule has 1 aromatic carbocycles.